The van der Waals surface area contributed by atoms with Crippen molar-refractivity contribution in [1.82, 2.24) is 0 Å². The molecule has 2 aromatic carbocycles. The van der Waals surface area contributed by atoms with Gasteiger partial charge in [-0.3, -0.25) is 4.79 Å². The fraction of sp³-hybridized carbons (Fsp3) is 0.200. The van der Waals surface area contributed by atoms with Crippen LogP contribution in [0.1, 0.15) is 25.3 Å². The smallest absolute Gasteiger partial charge is 0.267 e. The van der Waals surface area contributed by atoms with Crippen LogP contribution in [0.5, 0.6) is 0 Å². The van der Waals surface area contributed by atoms with Gasteiger partial charge in [0, 0.05) is 17.6 Å². The predicted octanol–water partition coefficient (Wildman–Crippen LogP) is 4.63. The molecule has 0 unspecified atom stereocenters. The van der Waals surface area contributed by atoms with Crippen molar-refractivity contribution in [2.75, 3.05) is 10.6 Å². The fourth-order valence-corrected chi connectivity index (χ4v) is 2.22. The van der Waals surface area contributed by atoms with Gasteiger partial charge < -0.3 is 10.6 Å². The summed E-state index contributed by atoms with van der Waals surface area (Å²) in [5, 5.41) is 14.6. The number of halogens is 1. The Morgan fingerprint density at radius 1 is 1.20 bits per heavy atom. The molecule has 0 radical (unpaired) electrons. The van der Waals surface area contributed by atoms with Crippen molar-refractivity contribution in [3.05, 3.63) is 71.7 Å². The lowest BCUT2D eigenvalue weighted by Crippen LogP contribution is -2.14. The van der Waals surface area contributed by atoms with Crippen molar-refractivity contribution in [3.8, 4) is 6.07 Å². The van der Waals surface area contributed by atoms with E-state index in [1.165, 1.54) is 30.0 Å². The maximum Gasteiger partial charge on any atom is 0.267 e. The number of amides is 1. The first-order chi connectivity index (χ1) is 12.1. The SMILES string of the molecule is CCCCc1ccc(NC(=O)/C(C#N)=C\Nc2cccc(F)c2)cc1. The van der Waals surface area contributed by atoms with Gasteiger partial charge in [0.25, 0.3) is 5.91 Å². The van der Waals surface area contributed by atoms with Crippen LogP contribution in [0.3, 0.4) is 0 Å². The molecule has 128 valence electrons. The Labute approximate surface area is 147 Å². The normalized spacial score (nSPS) is 10.8. The van der Waals surface area contributed by atoms with E-state index in [-0.39, 0.29) is 5.57 Å². The summed E-state index contributed by atoms with van der Waals surface area (Å²) in [7, 11) is 0. The summed E-state index contributed by atoms with van der Waals surface area (Å²) in [4.78, 5) is 12.2. The Balaban J connectivity index is 1.99. The quantitative estimate of drug-likeness (QED) is 0.572. The van der Waals surface area contributed by atoms with E-state index in [1.54, 1.807) is 6.07 Å². The molecule has 0 aromatic heterocycles. The van der Waals surface area contributed by atoms with E-state index in [0.717, 1.165) is 19.3 Å². The summed E-state index contributed by atoms with van der Waals surface area (Å²) in [5.41, 5.74) is 2.20. The molecule has 0 heterocycles. The van der Waals surface area contributed by atoms with Crippen molar-refractivity contribution in [1.29, 1.82) is 5.26 Å². The first-order valence-corrected chi connectivity index (χ1v) is 8.15. The van der Waals surface area contributed by atoms with Gasteiger partial charge in [0.05, 0.1) is 0 Å². The highest BCUT2D eigenvalue weighted by Crippen LogP contribution is 2.14. The molecule has 4 nitrogen and oxygen atoms in total. The summed E-state index contributed by atoms with van der Waals surface area (Å²) in [6, 6.07) is 15.2. The number of aryl methyl sites for hydroxylation is 1. The molecule has 0 fully saturated rings. The minimum atomic E-state index is -0.521. The molecule has 0 spiro atoms. The molecule has 5 heteroatoms. The van der Waals surface area contributed by atoms with Crippen molar-refractivity contribution >= 4 is 17.3 Å². The Morgan fingerprint density at radius 2 is 1.96 bits per heavy atom. The van der Waals surface area contributed by atoms with E-state index in [2.05, 4.69) is 17.6 Å². The molecule has 2 rings (SSSR count). The molecule has 0 saturated carbocycles. The highest BCUT2D eigenvalue weighted by Gasteiger charge is 2.09. The van der Waals surface area contributed by atoms with Crippen molar-refractivity contribution in [3.63, 3.8) is 0 Å². The zero-order valence-corrected chi connectivity index (χ0v) is 14.1. The van der Waals surface area contributed by atoms with Crippen LogP contribution >= 0.6 is 0 Å². The zero-order chi connectivity index (χ0) is 18.1. The number of nitrogens with zero attached hydrogens (tertiary/aromatic N) is 1. The number of nitriles is 1. The van der Waals surface area contributed by atoms with E-state index in [4.69, 9.17) is 5.26 Å². The molecular formula is C20H20FN3O. The molecule has 0 atom stereocenters. The van der Waals surface area contributed by atoms with E-state index in [1.807, 2.05) is 30.3 Å². The van der Waals surface area contributed by atoms with Crippen LogP contribution in [-0.4, -0.2) is 5.91 Å². The van der Waals surface area contributed by atoms with Gasteiger partial charge in [-0.2, -0.15) is 5.26 Å². The van der Waals surface area contributed by atoms with Gasteiger partial charge in [0.2, 0.25) is 0 Å². The number of rotatable bonds is 7. The van der Waals surface area contributed by atoms with Crippen LogP contribution in [0.4, 0.5) is 15.8 Å². The fourth-order valence-electron chi connectivity index (χ4n) is 2.22. The zero-order valence-electron chi connectivity index (χ0n) is 14.1. The van der Waals surface area contributed by atoms with E-state index >= 15 is 0 Å². The van der Waals surface area contributed by atoms with Crippen LogP contribution in [0.25, 0.3) is 0 Å². The van der Waals surface area contributed by atoms with Gasteiger partial charge >= 0.3 is 0 Å². The summed E-state index contributed by atoms with van der Waals surface area (Å²) >= 11 is 0. The first kappa shape index (κ1) is 18.2. The van der Waals surface area contributed by atoms with E-state index < -0.39 is 11.7 Å². The lowest BCUT2D eigenvalue weighted by atomic mass is 10.1. The number of carbonyl (C=O) groups is 1. The second kappa shape index (κ2) is 9.24. The number of benzene rings is 2. The van der Waals surface area contributed by atoms with Gasteiger partial charge in [0.15, 0.2) is 0 Å². The number of unbranched alkanes of at least 4 members (excludes halogenated alkanes) is 1. The Morgan fingerprint density at radius 3 is 2.60 bits per heavy atom. The van der Waals surface area contributed by atoms with Crippen molar-refractivity contribution in [2.24, 2.45) is 0 Å². The molecule has 1 amide bonds. The van der Waals surface area contributed by atoms with Crippen LogP contribution < -0.4 is 10.6 Å². The topological polar surface area (TPSA) is 64.9 Å². The van der Waals surface area contributed by atoms with E-state index in [0.29, 0.717) is 11.4 Å². The molecular weight excluding hydrogens is 317 g/mol. The van der Waals surface area contributed by atoms with Gasteiger partial charge in [0.1, 0.15) is 17.5 Å². The predicted molar refractivity (Wildman–Crippen MR) is 97.4 cm³/mol. The number of hydrogen-bond donors (Lipinski definition) is 2. The average Bonchev–Trinajstić information content (AvgIpc) is 2.62. The first-order valence-electron chi connectivity index (χ1n) is 8.15. The third kappa shape index (κ3) is 5.78. The summed E-state index contributed by atoms with van der Waals surface area (Å²) in [6.45, 7) is 2.14. The van der Waals surface area contributed by atoms with Gasteiger partial charge in [-0.05, 0) is 48.7 Å². The molecule has 25 heavy (non-hydrogen) atoms. The standard InChI is InChI=1S/C20H20FN3O/c1-2-3-5-15-8-10-18(11-9-15)24-20(25)16(13-22)14-23-19-7-4-6-17(21)12-19/h4,6-12,14,23H,2-3,5H2,1H3,(H,24,25)/b16-14-. The monoisotopic (exact) mass is 337 g/mol. The Hall–Kier alpha value is -3.13. The highest BCUT2D eigenvalue weighted by molar-refractivity contribution is 6.06. The molecule has 0 aliphatic carbocycles. The maximum absolute atomic E-state index is 13.1. The van der Waals surface area contributed by atoms with Crippen LogP contribution in [0, 0.1) is 17.1 Å². The Kier molecular flexibility index (Phi) is 6.73. The largest absolute Gasteiger partial charge is 0.360 e. The van der Waals surface area contributed by atoms with Crippen molar-refractivity contribution < 1.29 is 9.18 Å². The van der Waals surface area contributed by atoms with Crippen LogP contribution in [-0.2, 0) is 11.2 Å². The summed E-state index contributed by atoms with van der Waals surface area (Å²) in [5.74, 6) is -0.919. The number of hydrogen-bond acceptors (Lipinski definition) is 3. The lowest BCUT2D eigenvalue weighted by molar-refractivity contribution is -0.112. The molecule has 0 saturated heterocycles. The molecule has 2 N–H and O–H groups in total. The molecule has 2 aromatic rings. The van der Waals surface area contributed by atoms with Gasteiger partial charge in [-0.25, -0.2) is 4.39 Å². The average molecular weight is 337 g/mol. The number of anilines is 2. The third-order valence-electron chi connectivity index (χ3n) is 3.60. The summed E-state index contributed by atoms with van der Waals surface area (Å²) in [6.07, 6.45) is 4.53. The van der Waals surface area contributed by atoms with Gasteiger partial charge in [-0.1, -0.05) is 31.5 Å². The van der Waals surface area contributed by atoms with Gasteiger partial charge in [-0.15, -0.1) is 0 Å². The Bertz CT molecular complexity index is 791. The molecule has 0 aliphatic rings. The minimum absolute atomic E-state index is 0.0979. The lowest BCUT2D eigenvalue weighted by Gasteiger charge is -2.06. The third-order valence-corrected chi connectivity index (χ3v) is 3.60. The summed E-state index contributed by atoms with van der Waals surface area (Å²) < 4.78 is 13.1. The highest BCUT2D eigenvalue weighted by atomic mass is 19.1. The van der Waals surface area contributed by atoms with E-state index in [9.17, 15) is 9.18 Å². The number of carbonyl (C=O) groups excluding carboxylic acids is 1. The molecule has 0 aliphatic heterocycles. The second-order valence-electron chi connectivity index (χ2n) is 5.58. The second-order valence-corrected chi connectivity index (χ2v) is 5.58. The number of nitrogens with one attached hydrogen (secondary N) is 2. The van der Waals surface area contributed by atoms with Crippen LogP contribution in [0.2, 0.25) is 0 Å². The van der Waals surface area contributed by atoms with Crippen LogP contribution in [0.15, 0.2) is 60.3 Å². The minimum Gasteiger partial charge on any atom is -0.360 e. The van der Waals surface area contributed by atoms with Crippen molar-refractivity contribution in [2.45, 2.75) is 26.2 Å². The molecule has 0 bridgehead atoms. The maximum atomic E-state index is 13.1.